The SMILES string of the molecule is C=CCOC(=O)Oc1ccc2c3c1O[C@H]1C(=O)CC[C@@]4(OC(=O)OCC=C)[C@@H](C2)N(C(=O)OCC=C)CC[C@]314. The van der Waals surface area contributed by atoms with E-state index in [9.17, 15) is 19.2 Å². The summed E-state index contributed by atoms with van der Waals surface area (Å²) < 4.78 is 33.4. The minimum Gasteiger partial charge on any atom is -0.477 e. The molecule has 2 aliphatic heterocycles. The third kappa shape index (κ3) is 3.95. The molecule has 2 aliphatic carbocycles. The van der Waals surface area contributed by atoms with Crippen LogP contribution in [-0.4, -0.2) is 73.2 Å². The van der Waals surface area contributed by atoms with Crippen molar-refractivity contribution < 1.29 is 47.6 Å². The number of Topliss-reactive ketones (excluding diaryl/α,β-unsaturated/α-hetero) is 1. The molecule has 1 amide bonds. The summed E-state index contributed by atoms with van der Waals surface area (Å²) in [5.74, 6) is 0.116. The summed E-state index contributed by atoms with van der Waals surface area (Å²) in [5, 5.41) is 0. The van der Waals surface area contributed by atoms with Gasteiger partial charge in [-0.2, -0.15) is 0 Å². The number of piperidine rings is 1. The highest BCUT2D eigenvalue weighted by Gasteiger charge is 2.76. The standard InChI is InChI=1S/C28H29NO10/c1-4-13-34-24(31)29-12-11-27-21-17-7-8-19(37-25(32)35-14-5-2)22(21)38-23(27)18(30)9-10-28(27,20(29)16-17)39-26(33)36-15-6-3/h4-8,20,23H,1-3,9-16H2/t20-,23+,27+,28-/m1/s1. The first kappa shape index (κ1) is 26.3. The zero-order valence-electron chi connectivity index (χ0n) is 21.3. The minimum absolute atomic E-state index is 0.00996. The van der Waals surface area contributed by atoms with Crippen molar-refractivity contribution in [3.63, 3.8) is 0 Å². The zero-order valence-corrected chi connectivity index (χ0v) is 21.3. The fourth-order valence-electron chi connectivity index (χ4n) is 6.56. The van der Waals surface area contributed by atoms with Gasteiger partial charge in [-0.05, 0) is 30.9 Å². The van der Waals surface area contributed by atoms with E-state index in [0.29, 0.717) is 5.56 Å². The lowest BCUT2D eigenvalue weighted by Gasteiger charge is -2.62. The highest BCUT2D eigenvalue weighted by Crippen LogP contribution is 2.66. The second-order valence-electron chi connectivity index (χ2n) is 9.68. The maximum Gasteiger partial charge on any atom is 0.514 e. The third-order valence-electron chi connectivity index (χ3n) is 7.86. The number of hydrogen-bond donors (Lipinski definition) is 0. The van der Waals surface area contributed by atoms with E-state index in [4.69, 9.17) is 28.4 Å². The van der Waals surface area contributed by atoms with Gasteiger partial charge in [-0.1, -0.05) is 44.0 Å². The molecule has 0 unspecified atom stereocenters. The predicted octanol–water partition coefficient (Wildman–Crippen LogP) is 3.78. The normalized spacial score (nSPS) is 27.3. The lowest BCUT2D eigenvalue weighted by atomic mass is 9.49. The average molecular weight is 540 g/mol. The molecule has 11 heteroatoms. The summed E-state index contributed by atoms with van der Waals surface area (Å²) in [5.41, 5.74) is -1.13. The summed E-state index contributed by atoms with van der Waals surface area (Å²) >= 11 is 0. The summed E-state index contributed by atoms with van der Waals surface area (Å²) in [6.07, 6.45) is 1.41. The molecule has 1 aromatic rings. The third-order valence-corrected chi connectivity index (χ3v) is 7.86. The Morgan fingerprint density at radius 3 is 2.41 bits per heavy atom. The van der Waals surface area contributed by atoms with Crippen molar-refractivity contribution in [1.29, 1.82) is 0 Å². The first-order chi connectivity index (χ1) is 18.8. The van der Waals surface area contributed by atoms with Crippen molar-refractivity contribution in [3.8, 4) is 11.5 Å². The summed E-state index contributed by atoms with van der Waals surface area (Å²) in [7, 11) is 0. The van der Waals surface area contributed by atoms with Crippen LogP contribution >= 0.6 is 0 Å². The molecule has 2 bridgehead atoms. The topological polar surface area (TPSA) is 127 Å². The molecule has 1 aromatic carbocycles. The lowest BCUT2D eigenvalue weighted by molar-refractivity contribution is -0.191. The van der Waals surface area contributed by atoms with Crippen molar-refractivity contribution in [2.24, 2.45) is 0 Å². The first-order valence-electron chi connectivity index (χ1n) is 12.6. The molecule has 1 saturated carbocycles. The average Bonchev–Trinajstić information content (AvgIpc) is 3.28. The van der Waals surface area contributed by atoms with Gasteiger partial charge in [0, 0.05) is 18.5 Å². The molecule has 2 heterocycles. The van der Waals surface area contributed by atoms with Crippen LogP contribution in [0, 0.1) is 0 Å². The summed E-state index contributed by atoms with van der Waals surface area (Å²) in [6.45, 7) is 10.8. The van der Waals surface area contributed by atoms with Crippen LogP contribution in [0.1, 0.15) is 30.4 Å². The molecule has 4 atom stereocenters. The number of ether oxygens (including phenoxy) is 6. The van der Waals surface area contributed by atoms with Gasteiger partial charge in [-0.3, -0.25) is 4.79 Å². The van der Waals surface area contributed by atoms with Crippen LogP contribution in [-0.2, 0) is 35.6 Å². The number of likely N-dealkylation sites (tertiary alicyclic amines) is 1. The zero-order chi connectivity index (χ0) is 27.8. The van der Waals surface area contributed by atoms with Crippen molar-refractivity contribution in [1.82, 2.24) is 4.90 Å². The van der Waals surface area contributed by atoms with Gasteiger partial charge in [0.1, 0.15) is 19.8 Å². The maximum atomic E-state index is 13.4. The van der Waals surface area contributed by atoms with Crippen molar-refractivity contribution in [3.05, 3.63) is 61.2 Å². The number of hydrogen-bond acceptors (Lipinski definition) is 10. The molecule has 2 fully saturated rings. The molecule has 39 heavy (non-hydrogen) atoms. The fraction of sp³-hybridized carbons (Fsp3) is 0.429. The Morgan fingerprint density at radius 1 is 1.00 bits per heavy atom. The van der Waals surface area contributed by atoms with E-state index in [1.165, 1.54) is 18.2 Å². The van der Waals surface area contributed by atoms with Gasteiger partial charge >= 0.3 is 18.4 Å². The van der Waals surface area contributed by atoms with Gasteiger partial charge in [0.2, 0.25) is 0 Å². The van der Waals surface area contributed by atoms with Crippen LogP contribution in [0.2, 0.25) is 0 Å². The van der Waals surface area contributed by atoms with E-state index in [0.717, 1.165) is 5.56 Å². The van der Waals surface area contributed by atoms with Gasteiger partial charge in [-0.15, -0.1) is 0 Å². The Labute approximate surface area is 224 Å². The van der Waals surface area contributed by atoms with Gasteiger partial charge in [0.15, 0.2) is 29.0 Å². The number of carbonyl (C=O) groups is 4. The van der Waals surface area contributed by atoms with Crippen LogP contribution < -0.4 is 9.47 Å². The smallest absolute Gasteiger partial charge is 0.477 e. The van der Waals surface area contributed by atoms with Crippen molar-refractivity contribution in [2.75, 3.05) is 26.4 Å². The first-order valence-corrected chi connectivity index (χ1v) is 12.6. The number of amides is 1. The highest BCUT2D eigenvalue weighted by atomic mass is 16.7. The number of nitrogens with zero attached hydrogens (tertiary/aromatic N) is 1. The monoisotopic (exact) mass is 539 g/mol. The number of ketones is 1. The van der Waals surface area contributed by atoms with Crippen molar-refractivity contribution in [2.45, 2.75) is 48.8 Å². The molecule has 4 aliphatic rings. The highest BCUT2D eigenvalue weighted by molar-refractivity contribution is 5.91. The lowest BCUT2D eigenvalue weighted by Crippen LogP contribution is -2.78. The largest absolute Gasteiger partial charge is 0.514 e. The van der Waals surface area contributed by atoms with Crippen LogP contribution in [0.3, 0.4) is 0 Å². The molecule has 1 saturated heterocycles. The van der Waals surface area contributed by atoms with Gasteiger partial charge in [-0.25, -0.2) is 14.4 Å². The number of benzene rings is 1. The van der Waals surface area contributed by atoms with E-state index in [2.05, 4.69) is 19.7 Å². The molecular formula is C28H29NO10. The van der Waals surface area contributed by atoms with Crippen LogP contribution in [0.25, 0.3) is 0 Å². The molecule has 1 spiro atoms. The Hall–Kier alpha value is -4.28. The summed E-state index contributed by atoms with van der Waals surface area (Å²) in [6, 6.07) is 2.64. The minimum atomic E-state index is -1.38. The Bertz CT molecular complexity index is 1260. The Balaban J connectivity index is 1.65. The van der Waals surface area contributed by atoms with Crippen molar-refractivity contribution >= 4 is 24.2 Å². The van der Waals surface area contributed by atoms with Crippen LogP contribution in [0.15, 0.2) is 50.1 Å². The molecule has 0 aromatic heterocycles. The number of rotatable bonds is 8. The second-order valence-corrected chi connectivity index (χ2v) is 9.68. The van der Waals surface area contributed by atoms with E-state index in [1.54, 1.807) is 17.0 Å². The van der Waals surface area contributed by atoms with E-state index in [1.807, 2.05) is 0 Å². The predicted molar refractivity (Wildman–Crippen MR) is 135 cm³/mol. The van der Waals surface area contributed by atoms with Crippen LogP contribution in [0.4, 0.5) is 14.4 Å². The molecule has 11 nitrogen and oxygen atoms in total. The molecule has 0 radical (unpaired) electrons. The van der Waals surface area contributed by atoms with E-state index < -0.39 is 41.6 Å². The van der Waals surface area contributed by atoms with Gasteiger partial charge < -0.3 is 33.3 Å². The van der Waals surface area contributed by atoms with Gasteiger partial charge in [0.05, 0.1) is 11.5 Å². The molecule has 0 N–H and O–H groups in total. The molecule has 5 rings (SSSR count). The second kappa shape index (κ2) is 10.1. The molecular weight excluding hydrogens is 510 g/mol. The Kier molecular flexibility index (Phi) is 6.83. The molecule has 206 valence electrons. The van der Waals surface area contributed by atoms with E-state index in [-0.39, 0.29) is 69.3 Å². The number of carbonyl (C=O) groups excluding carboxylic acids is 4. The van der Waals surface area contributed by atoms with E-state index >= 15 is 0 Å². The summed E-state index contributed by atoms with van der Waals surface area (Å²) in [4.78, 5) is 53.3. The fourth-order valence-corrected chi connectivity index (χ4v) is 6.56. The Morgan fingerprint density at radius 2 is 1.69 bits per heavy atom. The van der Waals surface area contributed by atoms with Crippen LogP contribution in [0.5, 0.6) is 11.5 Å². The van der Waals surface area contributed by atoms with Gasteiger partial charge in [0.25, 0.3) is 0 Å². The maximum absolute atomic E-state index is 13.4. The quantitative estimate of drug-likeness (QED) is 0.208.